The smallest absolute Gasteiger partial charge is 0.333 e. The zero-order valence-corrected chi connectivity index (χ0v) is 15.9. The van der Waals surface area contributed by atoms with Gasteiger partial charge in [0.25, 0.3) is 0 Å². The van der Waals surface area contributed by atoms with E-state index in [1.165, 1.54) is 13.2 Å². The van der Waals surface area contributed by atoms with Gasteiger partial charge in [0.1, 0.15) is 5.75 Å². The molecular formula is C18H15Cl3O5. The molecule has 0 bridgehead atoms. The van der Waals surface area contributed by atoms with E-state index in [1.54, 1.807) is 30.3 Å². The third-order valence-corrected chi connectivity index (χ3v) is 4.38. The molecule has 2 rings (SSSR count). The molecule has 1 unspecified atom stereocenters. The van der Waals surface area contributed by atoms with Crippen LogP contribution >= 0.6 is 34.8 Å². The quantitative estimate of drug-likeness (QED) is 0.525. The van der Waals surface area contributed by atoms with Crippen LogP contribution < -0.4 is 4.74 Å². The number of hydrogen-bond donors (Lipinski definition) is 1. The normalized spacial score (nSPS) is 11.8. The predicted molar refractivity (Wildman–Crippen MR) is 99.4 cm³/mol. The van der Waals surface area contributed by atoms with Crippen molar-refractivity contribution in [2.24, 2.45) is 0 Å². The van der Waals surface area contributed by atoms with E-state index in [-0.39, 0.29) is 5.75 Å². The Kier molecular flexibility index (Phi) is 7.29. The number of ether oxygens (including phenoxy) is 2. The van der Waals surface area contributed by atoms with Crippen LogP contribution in [0.1, 0.15) is 17.5 Å². The van der Waals surface area contributed by atoms with Crippen molar-refractivity contribution in [3.63, 3.8) is 0 Å². The molecule has 0 aliphatic rings. The number of carboxylic acids is 1. The molecule has 0 spiro atoms. The van der Waals surface area contributed by atoms with E-state index in [4.69, 9.17) is 49.4 Å². The summed E-state index contributed by atoms with van der Waals surface area (Å²) < 4.78 is 10.0. The number of benzene rings is 2. The van der Waals surface area contributed by atoms with E-state index in [2.05, 4.69) is 0 Å². The third kappa shape index (κ3) is 5.61. The van der Waals surface area contributed by atoms with E-state index in [9.17, 15) is 9.59 Å². The van der Waals surface area contributed by atoms with E-state index in [0.29, 0.717) is 27.1 Å². The fourth-order valence-electron chi connectivity index (χ4n) is 2.23. The van der Waals surface area contributed by atoms with Gasteiger partial charge in [0.05, 0.1) is 6.42 Å². The number of aliphatic carboxylic acids is 1. The molecule has 0 saturated heterocycles. The monoisotopic (exact) mass is 416 g/mol. The first-order chi connectivity index (χ1) is 12.3. The molecule has 1 atom stereocenters. The predicted octanol–water partition coefficient (Wildman–Crippen LogP) is 4.63. The summed E-state index contributed by atoms with van der Waals surface area (Å²) in [5.74, 6) is -1.76. The summed E-state index contributed by atoms with van der Waals surface area (Å²) in [5, 5.41) is 10.3. The molecule has 5 nitrogen and oxygen atoms in total. The number of carbonyl (C=O) groups excluding carboxylic acids is 1. The topological polar surface area (TPSA) is 72.8 Å². The van der Waals surface area contributed by atoms with Crippen molar-refractivity contribution in [3.05, 3.63) is 62.6 Å². The number of esters is 1. The maximum absolute atomic E-state index is 12.1. The van der Waals surface area contributed by atoms with Gasteiger partial charge >= 0.3 is 11.9 Å². The zero-order chi connectivity index (χ0) is 19.3. The number of rotatable bonds is 7. The van der Waals surface area contributed by atoms with Crippen LogP contribution in [0.5, 0.6) is 5.75 Å². The Morgan fingerprint density at radius 1 is 1.04 bits per heavy atom. The highest BCUT2D eigenvalue weighted by atomic mass is 35.5. The fraction of sp³-hybridized carbons (Fsp3) is 0.222. The van der Waals surface area contributed by atoms with Crippen molar-refractivity contribution in [1.29, 1.82) is 0 Å². The number of halogens is 3. The summed E-state index contributed by atoms with van der Waals surface area (Å²) in [6.07, 6.45) is -1.34. The van der Waals surface area contributed by atoms with Crippen molar-refractivity contribution >= 4 is 46.7 Å². The standard InChI is InChI=1S/C18H15Cl3O5/c1-25-16(18(23)24)9-17(22)26-15-8-13(20)5-3-11(15)6-10-2-4-12(19)7-14(10)21/h2-5,7-8,16H,6,9H2,1H3,(H,23,24). The largest absolute Gasteiger partial charge is 0.479 e. The maximum Gasteiger partial charge on any atom is 0.333 e. The van der Waals surface area contributed by atoms with Crippen LogP contribution in [0.2, 0.25) is 15.1 Å². The highest BCUT2D eigenvalue weighted by Gasteiger charge is 2.22. The minimum Gasteiger partial charge on any atom is -0.479 e. The Morgan fingerprint density at radius 3 is 2.23 bits per heavy atom. The fourth-order valence-corrected chi connectivity index (χ4v) is 2.86. The molecule has 0 aliphatic carbocycles. The summed E-state index contributed by atoms with van der Waals surface area (Å²) in [5.41, 5.74) is 1.45. The van der Waals surface area contributed by atoms with Crippen LogP contribution in [0.3, 0.4) is 0 Å². The second-order valence-electron chi connectivity index (χ2n) is 5.41. The maximum atomic E-state index is 12.1. The molecule has 1 N–H and O–H groups in total. The SMILES string of the molecule is COC(CC(=O)Oc1cc(Cl)ccc1Cc1ccc(Cl)cc1Cl)C(=O)O. The number of carboxylic acid groups (broad SMARTS) is 1. The Bertz CT molecular complexity index is 822. The number of carbonyl (C=O) groups is 2. The Morgan fingerprint density at radius 2 is 1.65 bits per heavy atom. The first-order valence-corrected chi connectivity index (χ1v) is 8.62. The number of hydrogen-bond acceptors (Lipinski definition) is 4. The van der Waals surface area contributed by atoms with Gasteiger partial charge in [0.2, 0.25) is 0 Å². The van der Waals surface area contributed by atoms with E-state index in [0.717, 1.165) is 5.56 Å². The molecular weight excluding hydrogens is 403 g/mol. The molecule has 2 aromatic carbocycles. The van der Waals surface area contributed by atoms with Crippen molar-refractivity contribution < 1.29 is 24.2 Å². The second kappa shape index (κ2) is 9.24. The molecule has 0 radical (unpaired) electrons. The third-order valence-electron chi connectivity index (χ3n) is 3.56. The molecule has 0 fully saturated rings. The Labute approximate surface area is 165 Å². The van der Waals surface area contributed by atoms with E-state index in [1.807, 2.05) is 0 Å². The van der Waals surface area contributed by atoms with Gasteiger partial charge in [0, 0.05) is 28.6 Å². The summed E-state index contributed by atoms with van der Waals surface area (Å²) in [6, 6.07) is 9.96. The van der Waals surface area contributed by atoms with Crippen LogP contribution in [0.15, 0.2) is 36.4 Å². The summed E-state index contributed by atoms with van der Waals surface area (Å²) in [7, 11) is 1.21. The van der Waals surface area contributed by atoms with Gasteiger partial charge in [-0.1, -0.05) is 46.9 Å². The van der Waals surface area contributed by atoms with E-state index >= 15 is 0 Å². The molecule has 2 aromatic rings. The Hall–Kier alpha value is -1.79. The van der Waals surface area contributed by atoms with Gasteiger partial charge in [-0.25, -0.2) is 4.79 Å². The summed E-state index contributed by atoms with van der Waals surface area (Å²) in [6.45, 7) is 0. The molecule has 0 amide bonds. The molecule has 0 aliphatic heterocycles. The first kappa shape index (κ1) is 20.5. The summed E-state index contributed by atoms with van der Waals surface area (Å²) in [4.78, 5) is 23.0. The van der Waals surface area contributed by atoms with Crippen molar-refractivity contribution in [3.8, 4) is 5.75 Å². The molecule has 0 saturated carbocycles. The minimum absolute atomic E-state index is 0.230. The van der Waals surface area contributed by atoms with Gasteiger partial charge in [-0.15, -0.1) is 0 Å². The average molecular weight is 418 g/mol. The lowest BCUT2D eigenvalue weighted by molar-refractivity contribution is -0.154. The second-order valence-corrected chi connectivity index (χ2v) is 6.69. The first-order valence-electron chi connectivity index (χ1n) is 7.48. The van der Waals surface area contributed by atoms with Gasteiger partial charge in [0.15, 0.2) is 6.10 Å². The zero-order valence-electron chi connectivity index (χ0n) is 13.7. The van der Waals surface area contributed by atoms with Crippen molar-refractivity contribution in [1.82, 2.24) is 0 Å². The molecule has 0 aromatic heterocycles. The highest BCUT2D eigenvalue weighted by Crippen LogP contribution is 2.29. The van der Waals surface area contributed by atoms with Gasteiger partial charge in [-0.3, -0.25) is 4.79 Å². The van der Waals surface area contributed by atoms with Crippen LogP contribution in [-0.2, 0) is 20.7 Å². The van der Waals surface area contributed by atoms with Gasteiger partial charge in [-0.05, 0) is 35.4 Å². The van der Waals surface area contributed by atoms with Crippen LogP contribution in [0.25, 0.3) is 0 Å². The van der Waals surface area contributed by atoms with E-state index < -0.39 is 24.5 Å². The van der Waals surface area contributed by atoms with Crippen molar-refractivity contribution in [2.45, 2.75) is 18.9 Å². The number of methoxy groups -OCH3 is 1. The van der Waals surface area contributed by atoms with Crippen LogP contribution in [-0.4, -0.2) is 30.3 Å². The lowest BCUT2D eigenvalue weighted by atomic mass is 10.0. The minimum atomic E-state index is -1.28. The molecule has 26 heavy (non-hydrogen) atoms. The van der Waals surface area contributed by atoms with Crippen LogP contribution in [0, 0.1) is 0 Å². The van der Waals surface area contributed by atoms with Gasteiger partial charge < -0.3 is 14.6 Å². The molecule has 0 heterocycles. The lowest BCUT2D eigenvalue weighted by Gasteiger charge is -2.13. The molecule has 8 heteroatoms. The van der Waals surface area contributed by atoms with Crippen LogP contribution in [0.4, 0.5) is 0 Å². The molecule has 138 valence electrons. The lowest BCUT2D eigenvalue weighted by Crippen LogP contribution is -2.27. The highest BCUT2D eigenvalue weighted by molar-refractivity contribution is 6.35. The van der Waals surface area contributed by atoms with Gasteiger partial charge in [-0.2, -0.15) is 0 Å². The van der Waals surface area contributed by atoms with Crippen molar-refractivity contribution in [2.75, 3.05) is 7.11 Å². The Balaban J connectivity index is 2.21. The summed E-state index contributed by atoms with van der Waals surface area (Å²) >= 11 is 18.1. The average Bonchev–Trinajstić information content (AvgIpc) is 2.57.